The van der Waals surface area contributed by atoms with E-state index < -0.39 is 23.2 Å². The minimum atomic E-state index is -4.56. The highest BCUT2D eigenvalue weighted by molar-refractivity contribution is 5.47. The van der Waals surface area contributed by atoms with Gasteiger partial charge in [-0.2, -0.15) is 13.2 Å². The second-order valence-corrected chi connectivity index (χ2v) is 5.68. The number of alkyl halides is 3. The molecule has 0 atom stereocenters. The molecule has 1 aromatic rings. The predicted octanol–water partition coefficient (Wildman–Crippen LogP) is 4.34. The maximum absolute atomic E-state index is 13.7. The van der Waals surface area contributed by atoms with Gasteiger partial charge in [-0.3, -0.25) is 0 Å². The molecule has 0 unspecified atom stereocenters. The van der Waals surface area contributed by atoms with Crippen molar-refractivity contribution in [3.8, 4) is 0 Å². The van der Waals surface area contributed by atoms with Crippen molar-refractivity contribution in [3.05, 3.63) is 29.6 Å². The average molecular weight is 305 g/mol. The first-order chi connectivity index (χ1) is 9.80. The average Bonchev–Trinajstić information content (AvgIpc) is 2.61. The molecule has 21 heavy (non-hydrogen) atoms. The van der Waals surface area contributed by atoms with Crippen LogP contribution in [0.5, 0.6) is 0 Å². The van der Waals surface area contributed by atoms with Gasteiger partial charge in [0.2, 0.25) is 0 Å². The van der Waals surface area contributed by atoms with E-state index in [0.29, 0.717) is 18.9 Å². The van der Waals surface area contributed by atoms with Gasteiger partial charge in [0.05, 0.1) is 16.9 Å². The third kappa shape index (κ3) is 4.33. The van der Waals surface area contributed by atoms with Crippen LogP contribution in [0.1, 0.15) is 44.1 Å². The van der Waals surface area contributed by atoms with Crippen LogP contribution in [-0.4, -0.2) is 17.3 Å². The first-order valence-corrected chi connectivity index (χ1v) is 7.13. The standard InChI is InChI=1S/C15H19F4NO/c16-12-9-11(15(17,18)19)5-6-13(12)20-10-14(21)7-3-1-2-4-8-14/h5-6,9,20-21H,1-4,7-8,10H2. The van der Waals surface area contributed by atoms with Crippen molar-refractivity contribution < 1.29 is 22.7 Å². The molecule has 1 aliphatic carbocycles. The summed E-state index contributed by atoms with van der Waals surface area (Å²) >= 11 is 0. The lowest BCUT2D eigenvalue weighted by Gasteiger charge is -2.27. The van der Waals surface area contributed by atoms with E-state index in [9.17, 15) is 22.7 Å². The van der Waals surface area contributed by atoms with Gasteiger partial charge in [0.1, 0.15) is 5.82 Å². The Morgan fingerprint density at radius 3 is 2.24 bits per heavy atom. The maximum atomic E-state index is 13.7. The van der Waals surface area contributed by atoms with Gasteiger partial charge >= 0.3 is 6.18 Å². The van der Waals surface area contributed by atoms with E-state index in [1.165, 1.54) is 0 Å². The molecule has 0 heterocycles. The second kappa shape index (κ2) is 6.22. The zero-order valence-electron chi connectivity index (χ0n) is 11.6. The fraction of sp³-hybridized carbons (Fsp3) is 0.600. The molecule has 0 spiro atoms. The molecule has 2 N–H and O–H groups in total. The molecular weight excluding hydrogens is 286 g/mol. The summed E-state index contributed by atoms with van der Waals surface area (Å²) in [5, 5.41) is 13.2. The molecule has 6 heteroatoms. The Kier molecular flexibility index (Phi) is 4.76. The van der Waals surface area contributed by atoms with Crippen molar-refractivity contribution in [1.82, 2.24) is 0 Å². The predicted molar refractivity (Wildman–Crippen MR) is 72.5 cm³/mol. The highest BCUT2D eigenvalue weighted by atomic mass is 19.4. The molecule has 2 nitrogen and oxygen atoms in total. The summed E-state index contributed by atoms with van der Waals surface area (Å²) in [7, 11) is 0. The number of benzene rings is 1. The summed E-state index contributed by atoms with van der Waals surface area (Å²) < 4.78 is 51.1. The molecule has 0 aromatic heterocycles. The van der Waals surface area contributed by atoms with E-state index in [-0.39, 0.29) is 12.2 Å². The summed E-state index contributed by atoms with van der Waals surface area (Å²) in [6, 6.07) is 2.38. The second-order valence-electron chi connectivity index (χ2n) is 5.68. The van der Waals surface area contributed by atoms with Crippen molar-refractivity contribution >= 4 is 5.69 Å². The van der Waals surface area contributed by atoms with Crippen molar-refractivity contribution in [2.45, 2.75) is 50.3 Å². The van der Waals surface area contributed by atoms with Crippen LogP contribution < -0.4 is 5.32 Å². The monoisotopic (exact) mass is 305 g/mol. The van der Waals surface area contributed by atoms with E-state index in [1.54, 1.807) is 0 Å². The Morgan fingerprint density at radius 1 is 1.10 bits per heavy atom. The van der Waals surface area contributed by atoms with Crippen LogP contribution in [-0.2, 0) is 6.18 Å². The van der Waals surface area contributed by atoms with E-state index in [2.05, 4.69) is 5.32 Å². The Bertz CT molecular complexity index is 479. The minimum absolute atomic E-state index is 0.0133. The highest BCUT2D eigenvalue weighted by Gasteiger charge is 2.32. The molecule has 0 radical (unpaired) electrons. The largest absolute Gasteiger partial charge is 0.416 e. The van der Waals surface area contributed by atoms with Gasteiger partial charge in [-0.1, -0.05) is 25.7 Å². The van der Waals surface area contributed by atoms with Gasteiger partial charge in [-0.25, -0.2) is 4.39 Å². The Hall–Kier alpha value is -1.30. The van der Waals surface area contributed by atoms with E-state index in [1.807, 2.05) is 0 Å². The molecular formula is C15H19F4NO. The van der Waals surface area contributed by atoms with Crippen molar-refractivity contribution in [3.63, 3.8) is 0 Å². The van der Waals surface area contributed by atoms with Crippen LogP contribution in [0.4, 0.5) is 23.2 Å². The summed E-state index contributed by atoms with van der Waals surface area (Å²) in [6.07, 6.45) is 0.651. The maximum Gasteiger partial charge on any atom is 0.416 e. The van der Waals surface area contributed by atoms with Gasteiger partial charge in [0.25, 0.3) is 0 Å². The van der Waals surface area contributed by atoms with Crippen LogP contribution in [0.15, 0.2) is 18.2 Å². The Morgan fingerprint density at radius 2 is 1.71 bits per heavy atom. The quantitative estimate of drug-likeness (QED) is 0.643. The molecule has 1 fully saturated rings. The van der Waals surface area contributed by atoms with E-state index in [4.69, 9.17) is 0 Å². The SMILES string of the molecule is OC1(CNc2ccc(C(F)(F)F)cc2F)CCCCCC1. The molecule has 118 valence electrons. The summed E-state index contributed by atoms with van der Waals surface area (Å²) in [6.45, 7) is 0.148. The number of aliphatic hydroxyl groups is 1. The zero-order valence-corrected chi connectivity index (χ0v) is 11.6. The van der Waals surface area contributed by atoms with Gasteiger partial charge in [-0.15, -0.1) is 0 Å². The Balaban J connectivity index is 2.03. The third-order valence-corrected chi connectivity index (χ3v) is 3.94. The molecule has 0 aliphatic heterocycles. The molecule has 1 aromatic carbocycles. The number of hydrogen-bond donors (Lipinski definition) is 2. The van der Waals surface area contributed by atoms with Gasteiger partial charge in [0, 0.05) is 6.54 Å². The molecule has 0 amide bonds. The topological polar surface area (TPSA) is 32.3 Å². The summed E-state index contributed by atoms with van der Waals surface area (Å²) in [5.41, 5.74) is -1.94. The van der Waals surface area contributed by atoms with Crippen LogP contribution >= 0.6 is 0 Å². The fourth-order valence-electron chi connectivity index (χ4n) is 2.66. The van der Waals surface area contributed by atoms with Crippen LogP contribution in [0, 0.1) is 5.82 Å². The lowest BCUT2D eigenvalue weighted by atomic mass is 9.94. The van der Waals surface area contributed by atoms with Crippen molar-refractivity contribution in [2.75, 3.05) is 11.9 Å². The minimum Gasteiger partial charge on any atom is -0.388 e. The smallest absolute Gasteiger partial charge is 0.388 e. The highest BCUT2D eigenvalue weighted by Crippen LogP contribution is 2.32. The lowest BCUT2D eigenvalue weighted by Crippen LogP contribution is -2.36. The fourth-order valence-corrected chi connectivity index (χ4v) is 2.66. The number of nitrogens with one attached hydrogen (secondary N) is 1. The summed E-state index contributed by atoms with van der Waals surface area (Å²) in [4.78, 5) is 0. The van der Waals surface area contributed by atoms with Crippen LogP contribution in [0.25, 0.3) is 0 Å². The van der Waals surface area contributed by atoms with E-state index >= 15 is 0 Å². The number of hydrogen-bond acceptors (Lipinski definition) is 2. The van der Waals surface area contributed by atoms with Crippen LogP contribution in [0.3, 0.4) is 0 Å². The van der Waals surface area contributed by atoms with Crippen molar-refractivity contribution in [1.29, 1.82) is 0 Å². The lowest BCUT2D eigenvalue weighted by molar-refractivity contribution is -0.137. The zero-order chi connectivity index (χ0) is 15.5. The molecule has 1 aliphatic rings. The van der Waals surface area contributed by atoms with Crippen molar-refractivity contribution in [2.24, 2.45) is 0 Å². The normalized spacial score (nSPS) is 19.1. The third-order valence-electron chi connectivity index (χ3n) is 3.94. The molecule has 0 saturated heterocycles. The molecule has 0 bridgehead atoms. The molecule has 2 rings (SSSR count). The summed E-state index contributed by atoms with van der Waals surface area (Å²) in [5.74, 6) is -0.956. The van der Waals surface area contributed by atoms with E-state index in [0.717, 1.165) is 37.8 Å². The van der Waals surface area contributed by atoms with Gasteiger partial charge in [-0.05, 0) is 31.0 Å². The van der Waals surface area contributed by atoms with Gasteiger partial charge in [0.15, 0.2) is 0 Å². The van der Waals surface area contributed by atoms with Crippen LogP contribution in [0.2, 0.25) is 0 Å². The first-order valence-electron chi connectivity index (χ1n) is 7.13. The number of anilines is 1. The number of halogens is 4. The Labute approximate surface area is 121 Å². The number of rotatable bonds is 3. The van der Waals surface area contributed by atoms with Gasteiger partial charge < -0.3 is 10.4 Å². The first kappa shape index (κ1) is 16.1. The molecule has 1 saturated carbocycles.